The normalized spacial score (nSPS) is 11.1. The van der Waals surface area contributed by atoms with E-state index in [2.05, 4.69) is 36.3 Å². The summed E-state index contributed by atoms with van der Waals surface area (Å²) >= 11 is 0. The van der Waals surface area contributed by atoms with E-state index in [4.69, 9.17) is 0 Å². The highest BCUT2D eigenvalue weighted by Gasteiger charge is 2.21. The first-order chi connectivity index (χ1) is 9.58. The molecule has 0 radical (unpaired) electrons. The molecule has 2 rings (SSSR count). The number of benzene rings is 1. The maximum Gasteiger partial charge on any atom is 0.226 e. The van der Waals surface area contributed by atoms with Crippen LogP contribution in [0.5, 0.6) is 0 Å². The Morgan fingerprint density at radius 3 is 2.45 bits per heavy atom. The predicted octanol–water partition coefficient (Wildman–Crippen LogP) is 2.72. The van der Waals surface area contributed by atoms with Crippen molar-refractivity contribution in [1.82, 2.24) is 10.3 Å². The molecule has 0 aliphatic heterocycles. The zero-order chi connectivity index (χ0) is 14.4. The van der Waals surface area contributed by atoms with E-state index in [9.17, 15) is 4.79 Å². The lowest BCUT2D eigenvalue weighted by Crippen LogP contribution is -2.37. The summed E-state index contributed by atoms with van der Waals surface area (Å²) in [4.78, 5) is 16.1. The van der Waals surface area contributed by atoms with E-state index < -0.39 is 0 Å². The van der Waals surface area contributed by atoms with E-state index in [1.54, 1.807) is 6.20 Å². The van der Waals surface area contributed by atoms with Crippen LogP contribution in [0, 0.1) is 0 Å². The fourth-order valence-corrected chi connectivity index (χ4v) is 2.04. The molecule has 0 bridgehead atoms. The molecule has 1 aromatic carbocycles. The first-order valence-electron chi connectivity index (χ1n) is 6.80. The molecule has 0 spiro atoms. The lowest BCUT2D eigenvalue weighted by Gasteiger charge is -2.25. The molecular formula is C17H20N2O. The first-order valence-corrected chi connectivity index (χ1v) is 6.80. The van der Waals surface area contributed by atoms with Crippen LogP contribution < -0.4 is 5.32 Å². The van der Waals surface area contributed by atoms with Crippen LogP contribution in [0.25, 0.3) is 0 Å². The first kappa shape index (κ1) is 14.3. The summed E-state index contributed by atoms with van der Waals surface area (Å²) in [5.74, 6) is 0.00714. The van der Waals surface area contributed by atoms with Crippen molar-refractivity contribution in [2.45, 2.75) is 25.7 Å². The Morgan fingerprint density at radius 1 is 1.10 bits per heavy atom. The van der Waals surface area contributed by atoms with Crippen molar-refractivity contribution in [1.29, 1.82) is 0 Å². The van der Waals surface area contributed by atoms with Gasteiger partial charge in [0.15, 0.2) is 0 Å². The number of nitrogens with one attached hydrogen (secondary N) is 1. The molecule has 0 fully saturated rings. The van der Waals surface area contributed by atoms with Crippen molar-refractivity contribution in [3.63, 3.8) is 0 Å². The van der Waals surface area contributed by atoms with Crippen LogP contribution in [0.3, 0.4) is 0 Å². The lowest BCUT2D eigenvalue weighted by molar-refractivity contribution is -0.120. The molecule has 0 saturated carbocycles. The summed E-state index contributed by atoms with van der Waals surface area (Å²) < 4.78 is 0. The SMILES string of the molecule is CC(C)(CNC(=O)Cc1ccccn1)c1ccccc1. The molecule has 1 amide bonds. The molecule has 0 saturated heterocycles. The van der Waals surface area contributed by atoms with Crippen LogP contribution in [0.1, 0.15) is 25.1 Å². The Morgan fingerprint density at radius 2 is 1.80 bits per heavy atom. The average molecular weight is 268 g/mol. The summed E-state index contributed by atoms with van der Waals surface area (Å²) in [7, 11) is 0. The van der Waals surface area contributed by atoms with E-state index in [-0.39, 0.29) is 11.3 Å². The second-order valence-corrected chi connectivity index (χ2v) is 5.52. The molecule has 0 unspecified atom stereocenters. The average Bonchev–Trinajstić information content (AvgIpc) is 2.47. The maximum absolute atomic E-state index is 11.9. The number of rotatable bonds is 5. The van der Waals surface area contributed by atoms with Gasteiger partial charge >= 0.3 is 0 Å². The molecule has 3 nitrogen and oxygen atoms in total. The zero-order valence-corrected chi connectivity index (χ0v) is 12.0. The summed E-state index contributed by atoms with van der Waals surface area (Å²) in [5.41, 5.74) is 1.93. The number of carbonyl (C=O) groups is 1. The molecule has 20 heavy (non-hydrogen) atoms. The summed E-state index contributed by atoms with van der Waals surface area (Å²) in [5, 5.41) is 2.99. The van der Waals surface area contributed by atoms with Crippen LogP contribution in [-0.2, 0) is 16.6 Å². The fourth-order valence-electron chi connectivity index (χ4n) is 2.04. The second-order valence-electron chi connectivity index (χ2n) is 5.52. The smallest absolute Gasteiger partial charge is 0.226 e. The molecule has 1 N–H and O–H groups in total. The van der Waals surface area contributed by atoms with Gasteiger partial charge in [0.1, 0.15) is 0 Å². The van der Waals surface area contributed by atoms with Crippen molar-refractivity contribution in [2.75, 3.05) is 6.54 Å². The topological polar surface area (TPSA) is 42.0 Å². The van der Waals surface area contributed by atoms with Crippen molar-refractivity contribution in [3.05, 3.63) is 66.0 Å². The molecular weight excluding hydrogens is 248 g/mol. The van der Waals surface area contributed by atoms with E-state index in [1.807, 2.05) is 36.4 Å². The molecule has 0 aliphatic rings. The Labute approximate surface area is 120 Å². The van der Waals surface area contributed by atoms with Gasteiger partial charge in [-0.15, -0.1) is 0 Å². The number of nitrogens with zero attached hydrogens (tertiary/aromatic N) is 1. The maximum atomic E-state index is 11.9. The van der Waals surface area contributed by atoms with Gasteiger partial charge in [-0.25, -0.2) is 0 Å². The van der Waals surface area contributed by atoms with Crippen molar-refractivity contribution < 1.29 is 4.79 Å². The second kappa shape index (κ2) is 6.33. The highest BCUT2D eigenvalue weighted by Crippen LogP contribution is 2.21. The minimum Gasteiger partial charge on any atom is -0.355 e. The Hall–Kier alpha value is -2.16. The molecule has 0 atom stereocenters. The van der Waals surface area contributed by atoms with Gasteiger partial charge in [-0.2, -0.15) is 0 Å². The van der Waals surface area contributed by atoms with E-state index >= 15 is 0 Å². The molecule has 3 heteroatoms. The van der Waals surface area contributed by atoms with Gasteiger partial charge in [0, 0.05) is 23.9 Å². The van der Waals surface area contributed by atoms with Crippen molar-refractivity contribution in [3.8, 4) is 0 Å². The van der Waals surface area contributed by atoms with Crippen LogP contribution >= 0.6 is 0 Å². The Bertz CT molecular complexity index is 550. The quantitative estimate of drug-likeness (QED) is 0.906. The van der Waals surface area contributed by atoms with Gasteiger partial charge in [-0.1, -0.05) is 50.2 Å². The largest absolute Gasteiger partial charge is 0.355 e. The van der Waals surface area contributed by atoms with Gasteiger partial charge in [-0.05, 0) is 17.7 Å². The van der Waals surface area contributed by atoms with Gasteiger partial charge in [0.2, 0.25) is 5.91 Å². The highest BCUT2D eigenvalue weighted by atomic mass is 16.1. The minimum atomic E-state index is -0.0823. The van der Waals surface area contributed by atoms with Crippen LogP contribution in [-0.4, -0.2) is 17.4 Å². The van der Waals surface area contributed by atoms with E-state index in [0.717, 1.165) is 5.69 Å². The number of hydrogen-bond donors (Lipinski definition) is 1. The van der Waals surface area contributed by atoms with Gasteiger partial charge in [0.25, 0.3) is 0 Å². The van der Waals surface area contributed by atoms with Gasteiger partial charge in [-0.3, -0.25) is 9.78 Å². The van der Waals surface area contributed by atoms with Crippen molar-refractivity contribution in [2.24, 2.45) is 0 Å². The van der Waals surface area contributed by atoms with E-state index in [0.29, 0.717) is 13.0 Å². The standard InChI is InChI=1S/C17H20N2O/c1-17(2,14-8-4-3-5-9-14)13-19-16(20)12-15-10-6-7-11-18-15/h3-11H,12-13H2,1-2H3,(H,19,20). The third-order valence-electron chi connectivity index (χ3n) is 3.35. The lowest BCUT2D eigenvalue weighted by atomic mass is 9.84. The predicted molar refractivity (Wildman–Crippen MR) is 80.4 cm³/mol. The molecule has 104 valence electrons. The van der Waals surface area contributed by atoms with Crippen LogP contribution in [0.4, 0.5) is 0 Å². The van der Waals surface area contributed by atoms with Crippen molar-refractivity contribution >= 4 is 5.91 Å². The van der Waals surface area contributed by atoms with Gasteiger partial charge in [0.05, 0.1) is 6.42 Å². The summed E-state index contributed by atoms with van der Waals surface area (Å²) in [6, 6.07) is 15.8. The molecule has 1 heterocycles. The number of pyridine rings is 1. The van der Waals surface area contributed by atoms with Crippen LogP contribution in [0.15, 0.2) is 54.7 Å². The highest BCUT2D eigenvalue weighted by molar-refractivity contribution is 5.78. The van der Waals surface area contributed by atoms with E-state index in [1.165, 1.54) is 5.56 Å². The summed E-state index contributed by atoms with van der Waals surface area (Å²) in [6.45, 7) is 4.87. The Kier molecular flexibility index (Phi) is 4.51. The number of hydrogen-bond acceptors (Lipinski definition) is 2. The minimum absolute atomic E-state index is 0.00714. The molecule has 0 aliphatic carbocycles. The number of amides is 1. The fraction of sp³-hybridized carbons (Fsp3) is 0.294. The third kappa shape index (κ3) is 3.92. The molecule has 2 aromatic rings. The van der Waals surface area contributed by atoms with Crippen LogP contribution in [0.2, 0.25) is 0 Å². The number of carbonyl (C=O) groups excluding carboxylic acids is 1. The number of aromatic nitrogens is 1. The monoisotopic (exact) mass is 268 g/mol. The Balaban J connectivity index is 1.90. The van der Waals surface area contributed by atoms with Gasteiger partial charge < -0.3 is 5.32 Å². The third-order valence-corrected chi connectivity index (χ3v) is 3.35. The summed E-state index contributed by atoms with van der Waals surface area (Å²) in [6.07, 6.45) is 2.03. The molecule has 1 aromatic heterocycles. The zero-order valence-electron chi connectivity index (χ0n) is 12.0.